The minimum atomic E-state index is -0.254. The number of hydrogen-bond donors (Lipinski definition) is 3. The summed E-state index contributed by atoms with van der Waals surface area (Å²) in [4.78, 5) is 28.2. The molecule has 7 heteroatoms. The van der Waals surface area contributed by atoms with E-state index in [1.54, 1.807) is 49.5 Å². The summed E-state index contributed by atoms with van der Waals surface area (Å²) < 4.78 is 0.832. The van der Waals surface area contributed by atoms with Gasteiger partial charge < -0.3 is 11.1 Å². The van der Waals surface area contributed by atoms with E-state index in [9.17, 15) is 9.59 Å². The van der Waals surface area contributed by atoms with Crippen LogP contribution >= 0.6 is 11.3 Å². The van der Waals surface area contributed by atoms with Gasteiger partial charge in [0.1, 0.15) is 0 Å². The van der Waals surface area contributed by atoms with Crippen molar-refractivity contribution in [1.29, 1.82) is 0 Å². The SMILES string of the molecule is CNC(=O)c1ccc2nc(NC(=O)c3ccc(N)cc3)sc2c1. The van der Waals surface area contributed by atoms with Crippen LogP contribution in [0, 0.1) is 0 Å². The van der Waals surface area contributed by atoms with Gasteiger partial charge >= 0.3 is 0 Å². The molecule has 1 aromatic heterocycles. The van der Waals surface area contributed by atoms with Crippen molar-refractivity contribution in [3.63, 3.8) is 0 Å². The van der Waals surface area contributed by atoms with Gasteiger partial charge in [-0.2, -0.15) is 0 Å². The summed E-state index contributed by atoms with van der Waals surface area (Å²) in [5.74, 6) is -0.414. The Morgan fingerprint density at radius 2 is 1.74 bits per heavy atom. The Morgan fingerprint density at radius 3 is 2.43 bits per heavy atom. The van der Waals surface area contributed by atoms with Crippen LogP contribution in [0.2, 0.25) is 0 Å². The molecule has 2 amide bonds. The van der Waals surface area contributed by atoms with E-state index in [1.807, 2.05) is 0 Å². The summed E-state index contributed by atoms with van der Waals surface area (Å²) in [5, 5.41) is 5.82. The first-order valence-electron chi connectivity index (χ1n) is 6.86. The molecule has 3 aromatic rings. The molecule has 0 spiro atoms. The fraction of sp³-hybridized carbons (Fsp3) is 0.0625. The third-order valence-electron chi connectivity index (χ3n) is 3.27. The number of nitrogen functional groups attached to an aromatic ring is 1. The molecule has 4 N–H and O–H groups in total. The number of nitrogens with one attached hydrogen (secondary N) is 2. The lowest BCUT2D eigenvalue weighted by Gasteiger charge is -2.01. The summed E-state index contributed by atoms with van der Waals surface area (Å²) in [6.45, 7) is 0. The van der Waals surface area contributed by atoms with E-state index in [1.165, 1.54) is 11.3 Å². The molecule has 0 aliphatic rings. The Labute approximate surface area is 136 Å². The third-order valence-corrected chi connectivity index (χ3v) is 4.20. The fourth-order valence-electron chi connectivity index (χ4n) is 2.07. The quantitative estimate of drug-likeness (QED) is 0.644. The van der Waals surface area contributed by atoms with Gasteiger partial charge in [0.25, 0.3) is 11.8 Å². The molecular formula is C16H14N4O2S. The first-order chi connectivity index (χ1) is 11.1. The second-order valence-corrected chi connectivity index (χ2v) is 5.89. The van der Waals surface area contributed by atoms with Crippen LogP contribution in [0.3, 0.4) is 0 Å². The zero-order chi connectivity index (χ0) is 16.4. The maximum atomic E-state index is 12.2. The Morgan fingerprint density at radius 1 is 1.04 bits per heavy atom. The average Bonchev–Trinajstić information content (AvgIpc) is 2.95. The Bertz CT molecular complexity index is 887. The van der Waals surface area contributed by atoms with E-state index >= 15 is 0 Å². The van der Waals surface area contributed by atoms with Crippen LogP contribution < -0.4 is 16.4 Å². The largest absolute Gasteiger partial charge is 0.399 e. The van der Waals surface area contributed by atoms with Crippen molar-refractivity contribution in [2.75, 3.05) is 18.1 Å². The number of nitrogens with zero attached hydrogens (tertiary/aromatic N) is 1. The predicted octanol–water partition coefficient (Wildman–Crippen LogP) is 2.49. The van der Waals surface area contributed by atoms with Crippen LogP contribution in [-0.2, 0) is 0 Å². The van der Waals surface area contributed by atoms with Gasteiger partial charge in [0.05, 0.1) is 10.2 Å². The van der Waals surface area contributed by atoms with E-state index in [0.29, 0.717) is 21.9 Å². The number of fused-ring (bicyclic) bond motifs is 1. The van der Waals surface area contributed by atoms with E-state index in [-0.39, 0.29) is 11.8 Å². The molecule has 0 aliphatic carbocycles. The summed E-state index contributed by atoms with van der Waals surface area (Å²) in [6.07, 6.45) is 0. The number of carbonyl (C=O) groups is 2. The summed E-state index contributed by atoms with van der Waals surface area (Å²) in [5.41, 5.74) is 8.00. The number of thiazole rings is 1. The molecule has 0 saturated heterocycles. The number of hydrogen-bond acceptors (Lipinski definition) is 5. The van der Waals surface area contributed by atoms with Crippen molar-refractivity contribution in [1.82, 2.24) is 10.3 Å². The number of rotatable bonds is 3. The number of carbonyl (C=O) groups excluding carboxylic acids is 2. The first-order valence-corrected chi connectivity index (χ1v) is 7.68. The second kappa shape index (κ2) is 6.05. The molecule has 0 radical (unpaired) electrons. The Balaban J connectivity index is 1.84. The molecule has 1 heterocycles. The Kier molecular flexibility index (Phi) is 3.94. The number of benzene rings is 2. The highest BCUT2D eigenvalue weighted by atomic mass is 32.1. The first kappa shape index (κ1) is 15.0. The van der Waals surface area contributed by atoms with Gasteiger partial charge in [-0.15, -0.1) is 0 Å². The molecule has 6 nitrogen and oxygen atoms in total. The highest BCUT2D eigenvalue weighted by molar-refractivity contribution is 7.22. The minimum absolute atomic E-state index is 0.159. The molecule has 0 bridgehead atoms. The van der Waals surface area contributed by atoms with Crippen LogP contribution in [0.15, 0.2) is 42.5 Å². The summed E-state index contributed by atoms with van der Waals surface area (Å²) in [6, 6.07) is 11.9. The van der Waals surface area contributed by atoms with Crippen molar-refractivity contribution in [3.05, 3.63) is 53.6 Å². The van der Waals surface area contributed by atoms with Crippen LogP contribution in [0.5, 0.6) is 0 Å². The standard InChI is InChI=1S/C16H14N4O2S/c1-18-14(21)10-4-7-12-13(8-10)23-16(19-12)20-15(22)9-2-5-11(17)6-3-9/h2-8H,17H2,1H3,(H,18,21)(H,19,20,22). The lowest BCUT2D eigenvalue weighted by atomic mass is 10.2. The van der Waals surface area contributed by atoms with Gasteiger partial charge in [0.2, 0.25) is 0 Å². The van der Waals surface area contributed by atoms with Crippen LogP contribution in [0.1, 0.15) is 20.7 Å². The predicted molar refractivity (Wildman–Crippen MR) is 91.8 cm³/mol. The number of aromatic nitrogens is 1. The van der Waals surface area contributed by atoms with E-state index in [2.05, 4.69) is 15.6 Å². The van der Waals surface area contributed by atoms with Gasteiger partial charge in [-0.05, 0) is 42.5 Å². The highest BCUT2D eigenvalue weighted by Gasteiger charge is 2.11. The van der Waals surface area contributed by atoms with Gasteiger partial charge in [0.15, 0.2) is 5.13 Å². The smallest absolute Gasteiger partial charge is 0.257 e. The summed E-state index contributed by atoms with van der Waals surface area (Å²) in [7, 11) is 1.58. The van der Waals surface area contributed by atoms with Crippen molar-refractivity contribution < 1.29 is 9.59 Å². The monoisotopic (exact) mass is 326 g/mol. The van der Waals surface area contributed by atoms with Crippen LogP contribution in [-0.4, -0.2) is 23.8 Å². The van der Waals surface area contributed by atoms with Gasteiger partial charge in [-0.1, -0.05) is 11.3 Å². The van der Waals surface area contributed by atoms with Gasteiger partial charge in [0, 0.05) is 23.9 Å². The molecule has 23 heavy (non-hydrogen) atoms. The zero-order valence-electron chi connectivity index (χ0n) is 12.3. The average molecular weight is 326 g/mol. The lowest BCUT2D eigenvalue weighted by Crippen LogP contribution is -2.17. The molecular weight excluding hydrogens is 312 g/mol. The van der Waals surface area contributed by atoms with Crippen LogP contribution in [0.4, 0.5) is 10.8 Å². The van der Waals surface area contributed by atoms with Gasteiger partial charge in [-0.3, -0.25) is 14.9 Å². The number of amides is 2. The molecule has 0 saturated carbocycles. The second-order valence-electron chi connectivity index (χ2n) is 4.86. The van der Waals surface area contributed by atoms with Crippen molar-refractivity contribution in [2.45, 2.75) is 0 Å². The lowest BCUT2D eigenvalue weighted by molar-refractivity contribution is 0.0962. The topological polar surface area (TPSA) is 97.1 Å². The zero-order valence-corrected chi connectivity index (χ0v) is 13.1. The van der Waals surface area contributed by atoms with E-state index in [0.717, 1.165) is 10.2 Å². The normalized spacial score (nSPS) is 10.5. The highest BCUT2D eigenvalue weighted by Crippen LogP contribution is 2.27. The van der Waals surface area contributed by atoms with E-state index < -0.39 is 0 Å². The third kappa shape index (κ3) is 3.14. The molecule has 116 valence electrons. The van der Waals surface area contributed by atoms with E-state index in [4.69, 9.17) is 5.73 Å². The fourth-order valence-corrected chi connectivity index (χ4v) is 2.97. The molecule has 0 unspecified atom stereocenters. The van der Waals surface area contributed by atoms with Crippen LogP contribution in [0.25, 0.3) is 10.2 Å². The van der Waals surface area contributed by atoms with Crippen molar-refractivity contribution in [2.24, 2.45) is 0 Å². The molecule has 0 aliphatic heterocycles. The van der Waals surface area contributed by atoms with Crippen molar-refractivity contribution in [3.8, 4) is 0 Å². The minimum Gasteiger partial charge on any atom is -0.399 e. The Hall–Kier alpha value is -2.93. The molecule has 3 rings (SSSR count). The molecule has 0 atom stereocenters. The molecule has 0 fully saturated rings. The van der Waals surface area contributed by atoms with Gasteiger partial charge in [-0.25, -0.2) is 4.98 Å². The molecule has 2 aromatic carbocycles. The number of anilines is 2. The maximum absolute atomic E-state index is 12.2. The van der Waals surface area contributed by atoms with Crippen molar-refractivity contribution >= 4 is 44.2 Å². The number of nitrogens with two attached hydrogens (primary N) is 1. The summed E-state index contributed by atoms with van der Waals surface area (Å²) >= 11 is 1.32. The maximum Gasteiger partial charge on any atom is 0.257 e.